The molecule has 1 aliphatic rings. The third-order valence-electron chi connectivity index (χ3n) is 3.74. The monoisotopic (exact) mass is 337 g/mol. The van der Waals surface area contributed by atoms with Gasteiger partial charge in [0.25, 0.3) is 5.91 Å². The molecule has 0 spiro atoms. The van der Waals surface area contributed by atoms with Crippen LogP contribution in [-0.4, -0.2) is 29.9 Å². The molecule has 0 unspecified atom stereocenters. The number of methoxy groups -OCH3 is 1. The smallest absolute Gasteiger partial charge is 0.253 e. The zero-order valence-corrected chi connectivity index (χ0v) is 13.9. The first-order chi connectivity index (χ1) is 12.2. The van der Waals surface area contributed by atoms with Gasteiger partial charge in [-0.2, -0.15) is 0 Å². The third kappa shape index (κ3) is 4.67. The van der Waals surface area contributed by atoms with E-state index in [1.807, 2.05) is 6.07 Å². The van der Waals surface area contributed by atoms with Gasteiger partial charge in [0.05, 0.1) is 24.1 Å². The number of rotatable bonds is 6. The molecule has 0 bridgehead atoms. The molecule has 1 fully saturated rings. The lowest BCUT2D eigenvalue weighted by Crippen LogP contribution is -2.26. The fourth-order valence-corrected chi connectivity index (χ4v) is 2.25. The van der Waals surface area contributed by atoms with Gasteiger partial charge in [-0.25, -0.2) is 0 Å². The van der Waals surface area contributed by atoms with Gasteiger partial charge in [0.1, 0.15) is 5.75 Å². The van der Waals surface area contributed by atoms with E-state index >= 15 is 0 Å². The number of nitrogens with zero attached hydrogens (tertiary/aromatic N) is 1. The summed E-state index contributed by atoms with van der Waals surface area (Å²) in [4.78, 5) is 28.7. The van der Waals surface area contributed by atoms with Crippen molar-refractivity contribution in [1.29, 1.82) is 0 Å². The van der Waals surface area contributed by atoms with E-state index in [1.54, 1.807) is 42.6 Å². The zero-order valence-electron chi connectivity index (χ0n) is 13.9. The maximum absolute atomic E-state index is 12.4. The Balaban J connectivity index is 1.75. The Morgan fingerprint density at radius 3 is 2.76 bits per heavy atom. The molecule has 1 heterocycles. The summed E-state index contributed by atoms with van der Waals surface area (Å²) < 4.78 is 5.18. The van der Waals surface area contributed by atoms with Crippen LogP contribution < -0.4 is 15.4 Å². The summed E-state index contributed by atoms with van der Waals surface area (Å²) in [5.74, 6) is 0.00433. The van der Waals surface area contributed by atoms with Crippen LogP contribution in [0.25, 0.3) is 6.08 Å². The number of nitrogens with one attached hydrogen (secondary N) is 2. The van der Waals surface area contributed by atoms with Crippen molar-refractivity contribution >= 4 is 23.6 Å². The summed E-state index contributed by atoms with van der Waals surface area (Å²) in [7, 11) is 1.53. The van der Waals surface area contributed by atoms with Gasteiger partial charge in [0, 0.05) is 18.3 Å². The highest BCUT2D eigenvalue weighted by Crippen LogP contribution is 2.25. The number of anilines is 1. The molecule has 128 valence electrons. The molecular formula is C19H19N3O3. The van der Waals surface area contributed by atoms with Gasteiger partial charge >= 0.3 is 0 Å². The molecule has 0 aliphatic heterocycles. The Bertz CT molecular complexity index is 799. The minimum Gasteiger partial charge on any atom is -0.497 e. The van der Waals surface area contributed by atoms with E-state index in [0.717, 1.165) is 12.8 Å². The first-order valence-corrected chi connectivity index (χ1v) is 8.04. The number of carbonyl (C=O) groups is 2. The van der Waals surface area contributed by atoms with Gasteiger partial charge < -0.3 is 15.4 Å². The average Bonchev–Trinajstić information content (AvgIpc) is 3.45. The van der Waals surface area contributed by atoms with Gasteiger partial charge in [-0.1, -0.05) is 6.07 Å². The minimum atomic E-state index is -0.337. The van der Waals surface area contributed by atoms with E-state index in [1.165, 1.54) is 13.2 Å². The lowest BCUT2D eigenvalue weighted by molar-refractivity contribution is -0.111. The molecule has 1 saturated carbocycles. The summed E-state index contributed by atoms with van der Waals surface area (Å²) in [6, 6.07) is 10.7. The lowest BCUT2D eigenvalue weighted by Gasteiger charge is -2.12. The number of pyridine rings is 1. The van der Waals surface area contributed by atoms with Crippen molar-refractivity contribution in [2.24, 2.45) is 0 Å². The molecule has 25 heavy (non-hydrogen) atoms. The van der Waals surface area contributed by atoms with Gasteiger partial charge in [-0.05, 0) is 49.2 Å². The molecule has 6 heteroatoms. The molecule has 2 N–H and O–H groups in total. The van der Waals surface area contributed by atoms with Crippen LogP contribution in [0.2, 0.25) is 0 Å². The van der Waals surface area contributed by atoms with E-state index in [0.29, 0.717) is 22.7 Å². The van der Waals surface area contributed by atoms with Crippen molar-refractivity contribution in [2.75, 3.05) is 12.4 Å². The van der Waals surface area contributed by atoms with Crippen molar-refractivity contribution in [3.8, 4) is 5.75 Å². The van der Waals surface area contributed by atoms with Crippen LogP contribution in [0, 0.1) is 0 Å². The minimum absolute atomic E-state index is 0.217. The molecule has 1 aromatic heterocycles. The van der Waals surface area contributed by atoms with Gasteiger partial charge in [0.2, 0.25) is 5.91 Å². The maximum atomic E-state index is 12.4. The second kappa shape index (κ2) is 7.61. The van der Waals surface area contributed by atoms with Crippen LogP contribution in [0.3, 0.4) is 0 Å². The van der Waals surface area contributed by atoms with Gasteiger partial charge in [0.15, 0.2) is 0 Å². The molecule has 2 aromatic rings. The average molecular weight is 337 g/mol. The Morgan fingerprint density at radius 2 is 2.08 bits per heavy atom. The summed E-state index contributed by atoms with van der Waals surface area (Å²) in [5, 5.41) is 5.66. The van der Waals surface area contributed by atoms with Gasteiger partial charge in [-0.3, -0.25) is 14.6 Å². The van der Waals surface area contributed by atoms with E-state index in [9.17, 15) is 9.59 Å². The maximum Gasteiger partial charge on any atom is 0.253 e. The van der Waals surface area contributed by atoms with Crippen molar-refractivity contribution in [3.05, 3.63) is 59.9 Å². The SMILES string of the molecule is COc1ccc(NC(=O)C=Cc2ccccn2)c(C(=O)NC2CC2)c1. The van der Waals surface area contributed by atoms with Crippen LogP contribution in [-0.2, 0) is 4.79 Å². The predicted molar refractivity (Wildman–Crippen MR) is 95.4 cm³/mol. The Labute approximate surface area is 145 Å². The van der Waals surface area contributed by atoms with E-state index < -0.39 is 0 Å². The number of carbonyl (C=O) groups excluding carboxylic acids is 2. The highest BCUT2D eigenvalue weighted by molar-refractivity contribution is 6.07. The topological polar surface area (TPSA) is 80.3 Å². The van der Waals surface area contributed by atoms with Crippen molar-refractivity contribution < 1.29 is 14.3 Å². The number of aromatic nitrogens is 1. The van der Waals surface area contributed by atoms with Crippen LogP contribution >= 0.6 is 0 Å². The molecule has 0 saturated heterocycles. The van der Waals surface area contributed by atoms with Crippen LogP contribution in [0.5, 0.6) is 5.75 Å². The summed E-state index contributed by atoms with van der Waals surface area (Å²) >= 11 is 0. The fraction of sp³-hybridized carbons (Fsp3) is 0.211. The largest absolute Gasteiger partial charge is 0.497 e. The second-order valence-corrected chi connectivity index (χ2v) is 5.74. The van der Waals surface area contributed by atoms with E-state index in [4.69, 9.17) is 4.74 Å². The molecule has 1 aromatic carbocycles. The van der Waals surface area contributed by atoms with Crippen LogP contribution in [0.15, 0.2) is 48.7 Å². The van der Waals surface area contributed by atoms with Crippen LogP contribution in [0.1, 0.15) is 28.9 Å². The number of benzene rings is 1. The predicted octanol–water partition coefficient (Wildman–Crippen LogP) is 2.63. The molecule has 2 amide bonds. The number of amides is 2. The number of hydrogen-bond donors (Lipinski definition) is 2. The molecule has 0 radical (unpaired) electrons. The first-order valence-electron chi connectivity index (χ1n) is 8.04. The van der Waals surface area contributed by atoms with Crippen molar-refractivity contribution in [1.82, 2.24) is 10.3 Å². The van der Waals surface area contributed by atoms with E-state index in [2.05, 4.69) is 15.6 Å². The summed E-state index contributed by atoms with van der Waals surface area (Å²) in [6.45, 7) is 0. The first kappa shape index (κ1) is 16.7. The van der Waals surface area contributed by atoms with Gasteiger partial charge in [-0.15, -0.1) is 0 Å². The lowest BCUT2D eigenvalue weighted by atomic mass is 10.1. The zero-order chi connectivity index (χ0) is 17.6. The van der Waals surface area contributed by atoms with Crippen molar-refractivity contribution in [2.45, 2.75) is 18.9 Å². The van der Waals surface area contributed by atoms with E-state index in [-0.39, 0.29) is 17.9 Å². The molecule has 6 nitrogen and oxygen atoms in total. The molecular weight excluding hydrogens is 318 g/mol. The number of hydrogen-bond acceptors (Lipinski definition) is 4. The fourth-order valence-electron chi connectivity index (χ4n) is 2.25. The quantitative estimate of drug-likeness (QED) is 0.794. The molecule has 1 aliphatic carbocycles. The van der Waals surface area contributed by atoms with Crippen molar-refractivity contribution in [3.63, 3.8) is 0 Å². The standard InChI is InChI=1S/C19H19N3O3/c1-25-15-8-9-17(16(12-15)19(24)21-14-5-6-14)22-18(23)10-7-13-4-2-3-11-20-13/h2-4,7-12,14H,5-6H2,1H3,(H,21,24)(H,22,23). The number of ether oxygens (including phenoxy) is 1. The highest BCUT2D eigenvalue weighted by Gasteiger charge is 2.25. The molecule has 3 rings (SSSR count). The summed E-state index contributed by atoms with van der Waals surface area (Å²) in [6.07, 6.45) is 6.63. The normalized spacial score (nSPS) is 13.5. The third-order valence-corrected chi connectivity index (χ3v) is 3.74. The Kier molecular flexibility index (Phi) is 5.09. The second-order valence-electron chi connectivity index (χ2n) is 5.74. The van der Waals surface area contributed by atoms with Crippen LogP contribution in [0.4, 0.5) is 5.69 Å². The Morgan fingerprint density at radius 1 is 1.24 bits per heavy atom. The molecule has 0 atom stereocenters. The highest BCUT2D eigenvalue weighted by atomic mass is 16.5. The Hall–Kier alpha value is -3.15. The summed E-state index contributed by atoms with van der Waals surface area (Å²) in [5.41, 5.74) is 1.50.